The van der Waals surface area contributed by atoms with Gasteiger partial charge in [-0.25, -0.2) is 4.68 Å². The minimum absolute atomic E-state index is 0.0894. The first kappa shape index (κ1) is 17.3. The summed E-state index contributed by atoms with van der Waals surface area (Å²) in [4.78, 5) is 44.6. The summed E-state index contributed by atoms with van der Waals surface area (Å²) >= 11 is 0. The third kappa shape index (κ3) is 3.43. The van der Waals surface area contributed by atoms with Gasteiger partial charge in [-0.15, -0.1) is 0 Å². The Balaban J connectivity index is 1.45. The molecular formula is C18H13N5O5. The number of nitrogens with zero attached hydrogens (tertiary/aromatic N) is 4. The van der Waals surface area contributed by atoms with Crippen LogP contribution in [-0.4, -0.2) is 30.9 Å². The topological polar surface area (TPSA) is 133 Å². The van der Waals surface area contributed by atoms with Crippen molar-refractivity contribution in [2.24, 2.45) is 0 Å². The molecule has 1 aromatic carbocycles. The van der Waals surface area contributed by atoms with E-state index in [1.807, 2.05) is 0 Å². The van der Waals surface area contributed by atoms with E-state index >= 15 is 0 Å². The van der Waals surface area contributed by atoms with Crippen molar-refractivity contribution in [3.63, 3.8) is 0 Å². The number of carbonyl (C=O) groups is 1. The normalized spacial score (nSPS) is 10.9. The van der Waals surface area contributed by atoms with E-state index in [0.717, 1.165) is 4.68 Å². The van der Waals surface area contributed by atoms with Gasteiger partial charge in [0.05, 0.1) is 10.8 Å². The molecule has 4 aromatic rings. The molecule has 0 saturated heterocycles. The van der Waals surface area contributed by atoms with Crippen molar-refractivity contribution in [3.05, 3.63) is 75.4 Å². The first-order valence-corrected chi connectivity index (χ1v) is 8.22. The van der Waals surface area contributed by atoms with Gasteiger partial charge in [-0.3, -0.25) is 24.5 Å². The summed E-state index contributed by atoms with van der Waals surface area (Å²) < 4.78 is 11.0. The second-order valence-electron chi connectivity index (χ2n) is 5.79. The molecule has 0 saturated carbocycles. The van der Waals surface area contributed by atoms with Crippen molar-refractivity contribution in [2.45, 2.75) is 13.2 Å². The number of rotatable bonds is 5. The van der Waals surface area contributed by atoms with E-state index < -0.39 is 23.6 Å². The first-order chi connectivity index (χ1) is 13.6. The number of aromatic nitrogens is 5. The standard InChI is InChI=1S/C18H13N5O5/c24-15(9-23-18(26)13-6-2-1-5-12(13)17(25)21-23)27-10-14-20-16(22-28-14)11-4-3-7-19-8-11/h1-8H,9-10H2,(H,21,25). The number of hydrogen-bond acceptors (Lipinski definition) is 8. The average molecular weight is 379 g/mol. The molecule has 28 heavy (non-hydrogen) atoms. The number of carbonyl (C=O) groups excluding carboxylic acids is 1. The van der Waals surface area contributed by atoms with E-state index in [9.17, 15) is 14.4 Å². The summed E-state index contributed by atoms with van der Waals surface area (Å²) in [6.07, 6.45) is 3.19. The lowest BCUT2D eigenvalue weighted by Gasteiger charge is -2.06. The lowest BCUT2D eigenvalue weighted by Crippen LogP contribution is -2.32. The zero-order valence-corrected chi connectivity index (χ0v) is 14.4. The van der Waals surface area contributed by atoms with Crippen LogP contribution in [0, 0.1) is 0 Å². The molecule has 0 fully saturated rings. The molecule has 0 amide bonds. The van der Waals surface area contributed by atoms with Gasteiger partial charge in [0.2, 0.25) is 5.82 Å². The molecule has 0 unspecified atom stereocenters. The number of benzene rings is 1. The molecule has 3 aromatic heterocycles. The van der Waals surface area contributed by atoms with Crippen LogP contribution in [0.5, 0.6) is 0 Å². The second kappa shape index (κ2) is 7.27. The Morgan fingerprint density at radius 2 is 1.96 bits per heavy atom. The lowest BCUT2D eigenvalue weighted by molar-refractivity contribution is -0.146. The highest BCUT2D eigenvalue weighted by atomic mass is 16.6. The highest BCUT2D eigenvalue weighted by Gasteiger charge is 2.14. The van der Waals surface area contributed by atoms with Crippen molar-refractivity contribution in [1.29, 1.82) is 0 Å². The zero-order valence-electron chi connectivity index (χ0n) is 14.4. The number of hydrogen-bond donors (Lipinski definition) is 1. The molecule has 0 bridgehead atoms. The molecule has 140 valence electrons. The molecule has 0 aliphatic rings. The smallest absolute Gasteiger partial charge is 0.328 e. The summed E-state index contributed by atoms with van der Waals surface area (Å²) in [6, 6.07) is 9.84. The van der Waals surface area contributed by atoms with Gasteiger partial charge >= 0.3 is 5.97 Å². The lowest BCUT2D eigenvalue weighted by atomic mass is 10.2. The number of nitrogens with one attached hydrogen (secondary N) is 1. The van der Waals surface area contributed by atoms with Gasteiger partial charge in [-0.1, -0.05) is 17.3 Å². The molecule has 10 heteroatoms. The minimum Gasteiger partial charge on any atom is -0.454 e. The van der Waals surface area contributed by atoms with E-state index in [-0.39, 0.29) is 23.3 Å². The molecule has 1 N–H and O–H groups in total. The van der Waals surface area contributed by atoms with Crippen LogP contribution in [0.15, 0.2) is 62.9 Å². The van der Waals surface area contributed by atoms with Crippen molar-refractivity contribution in [2.75, 3.05) is 0 Å². The molecule has 0 radical (unpaired) electrons. The van der Waals surface area contributed by atoms with E-state index in [4.69, 9.17) is 9.26 Å². The van der Waals surface area contributed by atoms with Crippen molar-refractivity contribution in [1.82, 2.24) is 24.9 Å². The molecule has 0 aliphatic carbocycles. The maximum absolute atomic E-state index is 12.4. The summed E-state index contributed by atoms with van der Waals surface area (Å²) in [5.41, 5.74) is -0.311. The van der Waals surface area contributed by atoms with Gasteiger partial charge in [-0.2, -0.15) is 4.98 Å². The number of fused-ring (bicyclic) bond motifs is 1. The van der Waals surface area contributed by atoms with Crippen molar-refractivity contribution in [3.8, 4) is 11.4 Å². The SMILES string of the molecule is O=C(Cn1[nH]c(=O)c2ccccc2c1=O)OCc1nc(-c2cccnc2)no1. The first-order valence-electron chi connectivity index (χ1n) is 8.22. The fourth-order valence-corrected chi connectivity index (χ4v) is 2.60. The number of pyridine rings is 1. The summed E-state index contributed by atoms with van der Waals surface area (Å²) in [7, 11) is 0. The number of ether oxygens (including phenoxy) is 1. The predicted octanol–water partition coefficient (Wildman–Crippen LogP) is 0.878. The van der Waals surface area contributed by atoms with Crippen molar-refractivity contribution >= 4 is 16.7 Å². The molecular weight excluding hydrogens is 366 g/mol. The largest absolute Gasteiger partial charge is 0.454 e. The Labute approximate surface area is 156 Å². The maximum Gasteiger partial charge on any atom is 0.328 e. The van der Waals surface area contributed by atoms with Gasteiger partial charge in [0.25, 0.3) is 17.0 Å². The number of esters is 1. The Morgan fingerprint density at radius 3 is 2.75 bits per heavy atom. The van der Waals surface area contributed by atoms with Crippen LogP contribution in [0.3, 0.4) is 0 Å². The van der Waals surface area contributed by atoms with Gasteiger partial charge in [0.1, 0.15) is 6.54 Å². The van der Waals surface area contributed by atoms with E-state index in [0.29, 0.717) is 11.4 Å². The van der Waals surface area contributed by atoms with Crippen LogP contribution < -0.4 is 11.1 Å². The van der Waals surface area contributed by atoms with Crippen LogP contribution in [0.4, 0.5) is 0 Å². The number of H-pyrrole nitrogens is 1. The molecule has 0 aliphatic heterocycles. The van der Waals surface area contributed by atoms with Crippen LogP contribution in [0.1, 0.15) is 5.89 Å². The Hall–Kier alpha value is -4.08. The van der Waals surface area contributed by atoms with E-state index in [2.05, 4.69) is 20.2 Å². The number of aromatic amines is 1. The summed E-state index contributed by atoms with van der Waals surface area (Å²) in [5.74, 6) is -0.338. The Bertz CT molecular complexity index is 1260. The predicted molar refractivity (Wildman–Crippen MR) is 96.2 cm³/mol. The second-order valence-corrected chi connectivity index (χ2v) is 5.79. The zero-order chi connectivity index (χ0) is 19.5. The van der Waals surface area contributed by atoms with Crippen molar-refractivity contribution < 1.29 is 14.1 Å². The molecule has 4 rings (SSSR count). The Morgan fingerprint density at radius 1 is 1.14 bits per heavy atom. The monoisotopic (exact) mass is 379 g/mol. The van der Waals surface area contributed by atoms with Gasteiger partial charge in [0.15, 0.2) is 6.61 Å². The van der Waals surface area contributed by atoms with Crippen LogP contribution >= 0.6 is 0 Å². The van der Waals surface area contributed by atoms with Gasteiger partial charge in [0, 0.05) is 18.0 Å². The van der Waals surface area contributed by atoms with Gasteiger partial charge < -0.3 is 9.26 Å². The molecule has 10 nitrogen and oxygen atoms in total. The van der Waals surface area contributed by atoms with Crippen LogP contribution in [0.2, 0.25) is 0 Å². The Kier molecular flexibility index (Phi) is 4.50. The summed E-state index contributed by atoms with van der Waals surface area (Å²) in [6.45, 7) is -0.721. The van der Waals surface area contributed by atoms with Crippen LogP contribution in [-0.2, 0) is 22.7 Å². The molecule has 0 spiro atoms. The van der Waals surface area contributed by atoms with Crippen LogP contribution in [0.25, 0.3) is 22.2 Å². The summed E-state index contributed by atoms with van der Waals surface area (Å²) in [5, 5.41) is 6.63. The maximum atomic E-state index is 12.4. The van der Waals surface area contributed by atoms with E-state index in [1.54, 1.807) is 36.7 Å². The minimum atomic E-state index is -0.742. The van der Waals surface area contributed by atoms with E-state index in [1.165, 1.54) is 12.1 Å². The third-order valence-electron chi connectivity index (χ3n) is 3.92. The highest BCUT2D eigenvalue weighted by molar-refractivity contribution is 5.80. The fourth-order valence-electron chi connectivity index (χ4n) is 2.60. The highest BCUT2D eigenvalue weighted by Crippen LogP contribution is 2.14. The fraction of sp³-hybridized carbons (Fsp3) is 0.111. The van der Waals surface area contributed by atoms with Gasteiger partial charge in [-0.05, 0) is 24.3 Å². The molecule has 0 atom stereocenters. The molecule has 3 heterocycles. The quantitative estimate of drug-likeness (QED) is 0.505. The third-order valence-corrected chi connectivity index (χ3v) is 3.92. The average Bonchev–Trinajstić information content (AvgIpc) is 3.20.